The number of benzene rings is 4. The molecule has 5 rings (SSSR count). The third kappa shape index (κ3) is 3.99. The summed E-state index contributed by atoms with van der Waals surface area (Å²) in [5.41, 5.74) is 0.993. The molecule has 4 aromatic carbocycles. The monoisotopic (exact) mass is 545 g/mol. The summed E-state index contributed by atoms with van der Waals surface area (Å²) in [5, 5.41) is 0.726. The molecule has 0 saturated heterocycles. The van der Waals surface area contributed by atoms with Crippen molar-refractivity contribution in [3.05, 3.63) is 125 Å². The third-order valence-electron chi connectivity index (χ3n) is 6.34. The van der Waals surface area contributed by atoms with E-state index in [0.717, 1.165) is 5.56 Å². The second kappa shape index (κ2) is 9.41. The minimum absolute atomic E-state index is 0.00680. The van der Waals surface area contributed by atoms with E-state index >= 15 is 0 Å². The molecule has 0 bridgehead atoms. The molecule has 0 N–H and O–H groups in total. The summed E-state index contributed by atoms with van der Waals surface area (Å²) in [7, 11) is 0. The number of rotatable bonds is 7. The van der Waals surface area contributed by atoms with Crippen molar-refractivity contribution in [2.45, 2.75) is 13.1 Å². The maximum absolute atomic E-state index is 13.2. The summed E-state index contributed by atoms with van der Waals surface area (Å²) >= 11 is 4.46. The molecule has 0 aliphatic heterocycles. The van der Waals surface area contributed by atoms with Gasteiger partial charge in [-0.3, -0.25) is 0 Å². The first kappa shape index (κ1) is 23.5. The Labute approximate surface area is 212 Å². The van der Waals surface area contributed by atoms with E-state index in [2.05, 4.69) is 93.3 Å². The fraction of sp³-hybridized carbons (Fsp3) is 0.103. The van der Waals surface area contributed by atoms with Crippen molar-refractivity contribution < 1.29 is 9.15 Å². The van der Waals surface area contributed by atoms with E-state index in [1.54, 1.807) is 0 Å². The van der Waals surface area contributed by atoms with Gasteiger partial charge in [0, 0.05) is 0 Å². The molecule has 0 amide bonds. The fourth-order valence-corrected chi connectivity index (χ4v) is 12.4. The molecule has 4 nitrogen and oxygen atoms in total. The van der Waals surface area contributed by atoms with Crippen LogP contribution in [-0.4, -0.2) is 11.6 Å². The second-order valence-electron chi connectivity index (χ2n) is 8.36. The van der Waals surface area contributed by atoms with Gasteiger partial charge in [-0.05, 0) is 0 Å². The van der Waals surface area contributed by atoms with Gasteiger partial charge in [0.05, 0.1) is 0 Å². The van der Waals surface area contributed by atoms with Crippen LogP contribution in [0.4, 0.5) is 0 Å². The summed E-state index contributed by atoms with van der Waals surface area (Å²) in [6.45, 7) is 2.20. The molecule has 35 heavy (non-hydrogen) atoms. The Hall–Kier alpha value is -3.27. The van der Waals surface area contributed by atoms with Crippen LogP contribution in [0.15, 0.2) is 118 Å². The molecule has 1 aromatic heterocycles. The van der Waals surface area contributed by atoms with Gasteiger partial charge in [-0.1, -0.05) is 0 Å². The molecule has 5 aromatic rings. The summed E-state index contributed by atoms with van der Waals surface area (Å²) in [5.74, 6) is 0. The zero-order valence-electron chi connectivity index (χ0n) is 19.3. The first-order valence-corrected chi connectivity index (χ1v) is 15.9. The van der Waals surface area contributed by atoms with Crippen LogP contribution in [0, 0.1) is 0 Å². The third-order valence-corrected chi connectivity index (χ3v) is 15.8. The van der Waals surface area contributed by atoms with E-state index in [-0.39, 0.29) is 6.08 Å². The maximum atomic E-state index is 13.2. The fourth-order valence-electron chi connectivity index (χ4n) is 4.74. The van der Waals surface area contributed by atoms with Gasteiger partial charge >= 0.3 is 213 Å². The Bertz CT molecular complexity index is 1420. The zero-order valence-corrected chi connectivity index (χ0v) is 21.8. The van der Waals surface area contributed by atoms with Crippen LogP contribution in [0.3, 0.4) is 0 Å². The van der Waals surface area contributed by atoms with Crippen LogP contribution in [0.5, 0.6) is 6.08 Å². The van der Waals surface area contributed by atoms with E-state index < -0.39 is 10.9 Å². The van der Waals surface area contributed by atoms with Gasteiger partial charge in [0.15, 0.2) is 0 Å². The minimum atomic E-state index is -3.28. The number of fused-ring (bicyclic) bond motifs is 1. The average molecular weight is 546 g/mol. The Kier molecular flexibility index (Phi) is 6.31. The van der Waals surface area contributed by atoms with Crippen molar-refractivity contribution in [2.24, 2.45) is 0 Å². The Morgan fingerprint density at radius 1 is 0.771 bits per heavy atom. The van der Waals surface area contributed by atoms with Crippen molar-refractivity contribution in [1.29, 1.82) is 0 Å². The van der Waals surface area contributed by atoms with E-state index in [0.29, 0.717) is 23.7 Å². The van der Waals surface area contributed by atoms with Gasteiger partial charge in [0.2, 0.25) is 0 Å². The SMILES string of the molecule is CCOc1nc2cccc(CP(Br)(c3ccccc3)(c3ccccc3)c3ccccc3)c2c(=O)o1. The van der Waals surface area contributed by atoms with Crippen molar-refractivity contribution in [2.75, 3.05) is 6.61 Å². The summed E-state index contributed by atoms with van der Waals surface area (Å²) in [6.07, 6.45) is 0.564. The molecule has 0 aliphatic rings. The molecule has 0 aliphatic carbocycles. The normalized spacial score (nSPS) is 12.7. The second-order valence-corrected chi connectivity index (χ2v) is 17.3. The molecule has 176 valence electrons. The number of hydrogen-bond acceptors (Lipinski definition) is 4. The van der Waals surface area contributed by atoms with E-state index in [4.69, 9.17) is 9.15 Å². The first-order chi connectivity index (χ1) is 17.0. The molecular weight excluding hydrogens is 521 g/mol. The molecule has 0 radical (unpaired) electrons. The molecule has 6 heteroatoms. The number of aromatic nitrogens is 1. The van der Waals surface area contributed by atoms with Gasteiger partial charge < -0.3 is 0 Å². The van der Waals surface area contributed by atoms with Crippen molar-refractivity contribution in [3.8, 4) is 6.08 Å². The number of halogens is 1. The van der Waals surface area contributed by atoms with Crippen LogP contribution in [-0.2, 0) is 6.16 Å². The Morgan fingerprint density at radius 3 is 1.77 bits per heavy atom. The number of hydrogen-bond donors (Lipinski definition) is 0. The van der Waals surface area contributed by atoms with Gasteiger partial charge in [0.1, 0.15) is 0 Å². The van der Waals surface area contributed by atoms with Crippen LogP contribution in [0.1, 0.15) is 12.5 Å². The topological polar surface area (TPSA) is 52.3 Å². The standard InChI is InChI=1S/C29H25BrNO3P/c1-2-33-29-31-26-20-12-13-22(27(26)28(32)34-29)21-35(30,23-14-6-3-7-15-23,24-16-8-4-9-17-24)25-18-10-5-11-19-25/h3-20H,2,21H2,1H3. The number of nitrogens with zero attached hydrogens (tertiary/aromatic N) is 1. The first-order valence-electron chi connectivity index (χ1n) is 11.5. The van der Waals surface area contributed by atoms with E-state index in [1.165, 1.54) is 15.9 Å². The van der Waals surface area contributed by atoms with E-state index in [9.17, 15) is 4.79 Å². The molecule has 0 unspecified atom stereocenters. The Morgan fingerprint density at radius 2 is 1.29 bits per heavy atom. The van der Waals surface area contributed by atoms with Crippen LogP contribution >= 0.6 is 20.8 Å². The van der Waals surface area contributed by atoms with Crippen molar-refractivity contribution in [1.82, 2.24) is 4.98 Å². The van der Waals surface area contributed by atoms with E-state index in [1.807, 2.05) is 43.3 Å². The zero-order chi connectivity index (χ0) is 24.3. The van der Waals surface area contributed by atoms with Gasteiger partial charge in [-0.15, -0.1) is 0 Å². The van der Waals surface area contributed by atoms with Gasteiger partial charge in [-0.2, -0.15) is 0 Å². The average Bonchev–Trinajstić information content (AvgIpc) is 2.90. The molecule has 1 heterocycles. The molecule has 0 saturated carbocycles. The van der Waals surface area contributed by atoms with Crippen molar-refractivity contribution >= 4 is 47.6 Å². The predicted molar refractivity (Wildman–Crippen MR) is 149 cm³/mol. The summed E-state index contributed by atoms with van der Waals surface area (Å²) in [6, 6.07) is 37.3. The van der Waals surface area contributed by atoms with Gasteiger partial charge in [0.25, 0.3) is 0 Å². The molecular formula is C29H25BrNO3P. The van der Waals surface area contributed by atoms with Crippen LogP contribution in [0.2, 0.25) is 0 Å². The van der Waals surface area contributed by atoms with Crippen molar-refractivity contribution in [3.63, 3.8) is 0 Å². The number of ether oxygens (including phenoxy) is 1. The van der Waals surface area contributed by atoms with Crippen LogP contribution in [0.25, 0.3) is 10.9 Å². The predicted octanol–water partition coefficient (Wildman–Crippen LogP) is 5.93. The molecule has 0 fully saturated rings. The van der Waals surface area contributed by atoms with Crippen LogP contribution < -0.4 is 26.3 Å². The summed E-state index contributed by atoms with van der Waals surface area (Å²) in [4.78, 5) is 17.7. The quantitative estimate of drug-likeness (QED) is 0.238. The van der Waals surface area contributed by atoms with Gasteiger partial charge in [-0.25, -0.2) is 0 Å². The molecule has 0 atom stereocenters. The Balaban J connectivity index is 1.86. The summed E-state index contributed by atoms with van der Waals surface area (Å²) < 4.78 is 10.8. The molecule has 0 spiro atoms.